The molecule has 3 aromatic rings. The summed E-state index contributed by atoms with van der Waals surface area (Å²) in [4.78, 5) is 53.8. The Morgan fingerprint density at radius 3 is 2.31 bits per heavy atom. The minimum atomic E-state index is -1.61. The Hall–Kier alpha value is -3.24. The van der Waals surface area contributed by atoms with E-state index in [0.717, 1.165) is 21.5 Å². The van der Waals surface area contributed by atoms with Crippen LogP contribution in [0.15, 0.2) is 39.9 Å². The molecule has 0 saturated heterocycles. The molecule has 0 fully saturated rings. The van der Waals surface area contributed by atoms with Crippen LogP contribution in [0.1, 0.15) is 61.5 Å². The second kappa shape index (κ2) is 10.8. The van der Waals surface area contributed by atoms with E-state index in [9.17, 15) is 19.2 Å². The van der Waals surface area contributed by atoms with Gasteiger partial charge in [0.1, 0.15) is 21.4 Å². The van der Waals surface area contributed by atoms with Crippen LogP contribution in [0.3, 0.4) is 0 Å². The summed E-state index contributed by atoms with van der Waals surface area (Å²) in [7, 11) is 1.53. The maximum absolute atomic E-state index is 13.9. The fourth-order valence-corrected chi connectivity index (χ4v) is 5.19. The molecule has 0 bridgehead atoms. The number of esters is 2. The number of methoxy groups -OCH3 is 1. The average molecular weight is 517 g/mol. The first-order valence-electron chi connectivity index (χ1n) is 11.7. The van der Waals surface area contributed by atoms with Crippen LogP contribution >= 0.6 is 11.3 Å². The number of carbonyl (C=O) groups excluding carboxylic acids is 2. The second-order valence-electron chi connectivity index (χ2n) is 9.14. The number of thiophene rings is 1. The van der Waals surface area contributed by atoms with Crippen LogP contribution in [0, 0.1) is 6.92 Å². The number of aromatic nitrogens is 2. The summed E-state index contributed by atoms with van der Waals surface area (Å²) in [6, 6.07) is 9.34. The zero-order valence-electron chi connectivity index (χ0n) is 21.6. The molecule has 10 heteroatoms. The van der Waals surface area contributed by atoms with E-state index in [0.29, 0.717) is 10.4 Å². The molecule has 3 rings (SSSR count). The first-order valence-corrected chi connectivity index (χ1v) is 12.5. The number of nitrogens with zero attached hydrogens (tertiary/aromatic N) is 2. The monoisotopic (exact) mass is 516 g/mol. The van der Waals surface area contributed by atoms with Crippen LogP contribution in [-0.4, -0.2) is 40.9 Å². The number of ether oxygens (including phenoxy) is 3. The molecule has 2 aromatic heterocycles. The van der Waals surface area contributed by atoms with Crippen molar-refractivity contribution in [1.29, 1.82) is 0 Å². The van der Waals surface area contributed by atoms with Crippen LogP contribution in [0.25, 0.3) is 10.2 Å². The second-order valence-corrected chi connectivity index (χ2v) is 10.1. The Bertz CT molecular complexity index is 1380. The Labute approximate surface area is 213 Å². The minimum absolute atomic E-state index is 0.0493. The molecule has 0 spiro atoms. The largest absolute Gasteiger partial charge is 0.462 e. The highest BCUT2D eigenvalue weighted by atomic mass is 32.1. The van der Waals surface area contributed by atoms with Crippen molar-refractivity contribution >= 4 is 33.5 Å². The van der Waals surface area contributed by atoms with Crippen LogP contribution < -0.4 is 11.2 Å². The molecular weight excluding hydrogens is 484 g/mol. The molecule has 36 heavy (non-hydrogen) atoms. The molecule has 194 valence electrons. The number of benzene rings is 1. The van der Waals surface area contributed by atoms with Crippen molar-refractivity contribution < 1.29 is 23.8 Å². The number of carbonyl (C=O) groups is 2. The molecule has 0 saturated carbocycles. The van der Waals surface area contributed by atoms with Gasteiger partial charge in [0.25, 0.3) is 5.56 Å². The fourth-order valence-electron chi connectivity index (χ4n) is 3.99. The molecule has 1 atom stereocenters. The number of hydrogen-bond donors (Lipinski definition) is 0. The molecule has 0 aliphatic rings. The highest BCUT2D eigenvalue weighted by Crippen LogP contribution is 2.31. The van der Waals surface area contributed by atoms with Gasteiger partial charge in [0.15, 0.2) is 0 Å². The lowest BCUT2D eigenvalue weighted by atomic mass is 10.0. The zero-order chi connectivity index (χ0) is 26.8. The average Bonchev–Trinajstić information content (AvgIpc) is 3.16. The van der Waals surface area contributed by atoms with Gasteiger partial charge >= 0.3 is 17.6 Å². The van der Waals surface area contributed by atoms with Gasteiger partial charge < -0.3 is 14.2 Å². The van der Waals surface area contributed by atoms with Crippen molar-refractivity contribution in [2.45, 2.75) is 65.8 Å². The van der Waals surface area contributed by atoms with E-state index in [1.807, 2.05) is 30.3 Å². The van der Waals surface area contributed by atoms with Gasteiger partial charge in [-0.15, -0.1) is 11.3 Å². The first-order chi connectivity index (χ1) is 16.9. The lowest BCUT2D eigenvalue weighted by Crippen LogP contribution is -2.53. The van der Waals surface area contributed by atoms with Crippen molar-refractivity contribution in [1.82, 2.24) is 9.13 Å². The third-order valence-electron chi connectivity index (χ3n) is 5.88. The van der Waals surface area contributed by atoms with Gasteiger partial charge in [0.05, 0.1) is 24.6 Å². The third-order valence-corrected chi connectivity index (χ3v) is 7.17. The van der Waals surface area contributed by atoms with Crippen LogP contribution in [0.2, 0.25) is 0 Å². The van der Waals surface area contributed by atoms with Gasteiger partial charge in [-0.05, 0) is 52.7 Å². The minimum Gasteiger partial charge on any atom is -0.462 e. The molecule has 1 aromatic carbocycles. The summed E-state index contributed by atoms with van der Waals surface area (Å²) in [6.07, 6.45) is -0.968. The molecule has 0 N–H and O–H groups in total. The van der Waals surface area contributed by atoms with Crippen molar-refractivity contribution in [2.24, 2.45) is 0 Å². The quantitative estimate of drug-likeness (QED) is 0.399. The van der Waals surface area contributed by atoms with Crippen molar-refractivity contribution in [3.8, 4) is 0 Å². The summed E-state index contributed by atoms with van der Waals surface area (Å²) in [5.41, 5.74) is -1.76. The smallest absolute Gasteiger partial charge is 0.348 e. The van der Waals surface area contributed by atoms with Gasteiger partial charge in [-0.25, -0.2) is 19.0 Å². The highest BCUT2D eigenvalue weighted by molar-refractivity contribution is 7.20. The van der Waals surface area contributed by atoms with Gasteiger partial charge in [0.2, 0.25) is 0 Å². The molecule has 0 radical (unpaired) electrons. The van der Waals surface area contributed by atoms with Gasteiger partial charge in [-0.3, -0.25) is 9.36 Å². The zero-order valence-corrected chi connectivity index (χ0v) is 22.4. The molecular formula is C26H32N2O7S. The lowest BCUT2D eigenvalue weighted by molar-refractivity contribution is -0.157. The molecule has 0 aliphatic carbocycles. The van der Waals surface area contributed by atoms with Gasteiger partial charge in [-0.2, -0.15) is 0 Å². The van der Waals surface area contributed by atoms with Crippen molar-refractivity contribution in [3.05, 3.63) is 67.2 Å². The molecule has 0 amide bonds. The summed E-state index contributed by atoms with van der Waals surface area (Å²) in [5.74, 6) is -1.29. The van der Waals surface area contributed by atoms with Gasteiger partial charge in [0, 0.05) is 7.11 Å². The van der Waals surface area contributed by atoms with E-state index < -0.39 is 40.9 Å². The molecule has 9 nitrogen and oxygen atoms in total. The predicted octanol–water partition coefficient (Wildman–Crippen LogP) is 3.78. The third kappa shape index (κ3) is 5.01. The molecule has 0 aliphatic heterocycles. The van der Waals surface area contributed by atoms with E-state index in [4.69, 9.17) is 14.2 Å². The normalized spacial score (nSPS) is 12.7. The predicted molar refractivity (Wildman–Crippen MR) is 138 cm³/mol. The van der Waals surface area contributed by atoms with E-state index in [1.54, 1.807) is 27.7 Å². The van der Waals surface area contributed by atoms with Crippen molar-refractivity contribution in [3.63, 3.8) is 0 Å². The van der Waals surface area contributed by atoms with E-state index in [2.05, 4.69) is 0 Å². The van der Waals surface area contributed by atoms with E-state index in [1.165, 1.54) is 25.5 Å². The summed E-state index contributed by atoms with van der Waals surface area (Å²) >= 11 is 1.02. The Balaban J connectivity index is 2.36. The Kier molecular flexibility index (Phi) is 8.20. The number of fused-ring (bicyclic) bond motifs is 1. The molecule has 0 unspecified atom stereocenters. The van der Waals surface area contributed by atoms with E-state index >= 15 is 0 Å². The van der Waals surface area contributed by atoms with Crippen LogP contribution in [-0.2, 0) is 31.1 Å². The molecule has 2 heterocycles. The van der Waals surface area contributed by atoms with E-state index in [-0.39, 0.29) is 23.4 Å². The SMILES string of the molecule is CCOC(=O)c1sc2c(c1C)c(=O)n(C(C)(C)C(=O)OC(C)C)c(=O)n2C[C@@H](OC)c1ccccc1. The Morgan fingerprint density at radius 2 is 1.75 bits per heavy atom. The first kappa shape index (κ1) is 27.3. The summed E-state index contributed by atoms with van der Waals surface area (Å²) in [6.45, 7) is 9.85. The fraction of sp³-hybridized carbons (Fsp3) is 0.462. The standard InChI is InChI=1S/C26H32N2O7S/c1-8-34-23(30)20-16(4)19-21(29)28(26(5,6)24(31)35-15(2)3)25(32)27(22(19)36-20)14-18(33-7)17-12-10-9-11-13-17/h9-13,15,18H,8,14H2,1-7H3/t18-/m1/s1. The number of aryl methyl sites for hydroxylation is 1. The number of hydrogen-bond acceptors (Lipinski definition) is 8. The maximum atomic E-state index is 13.9. The highest BCUT2D eigenvalue weighted by Gasteiger charge is 2.38. The Morgan fingerprint density at radius 1 is 1.11 bits per heavy atom. The van der Waals surface area contributed by atoms with Crippen molar-refractivity contribution in [2.75, 3.05) is 13.7 Å². The topological polar surface area (TPSA) is 106 Å². The van der Waals surface area contributed by atoms with Crippen LogP contribution in [0.5, 0.6) is 0 Å². The maximum Gasteiger partial charge on any atom is 0.348 e. The summed E-state index contributed by atoms with van der Waals surface area (Å²) in [5, 5.41) is 0.177. The summed E-state index contributed by atoms with van der Waals surface area (Å²) < 4.78 is 18.5. The number of rotatable bonds is 9. The van der Waals surface area contributed by atoms with Crippen LogP contribution in [0.4, 0.5) is 0 Å². The van der Waals surface area contributed by atoms with Gasteiger partial charge in [-0.1, -0.05) is 30.3 Å². The lowest BCUT2D eigenvalue weighted by Gasteiger charge is -2.27.